The lowest BCUT2D eigenvalue weighted by molar-refractivity contribution is -0.902. The molecule has 0 fully saturated rings. The zero-order chi connectivity index (χ0) is 18.0. The van der Waals surface area contributed by atoms with Crippen LogP contribution in [0, 0.1) is 12.7 Å². The minimum atomic E-state index is -0.318. The summed E-state index contributed by atoms with van der Waals surface area (Å²) in [4.78, 5) is 17.9. The van der Waals surface area contributed by atoms with Gasteiger partial charge in [-0.05, 0) is 43.7 Å². The fraction of sp³-hybridized carbons (Fsp3) is 0.263. The molecule has 1 amide bonds. The van der Waals surface area contributed by atoms with Crippen LogP contribution in [0.25, 0.3) is 10.2 Å². The number of benzene rings is 2. The topological polar surface area (TPSA) is 46.4 Å². The van der Waals surface area contributed by atoms with E-state index in [1.165, 1.54) is 6.07 Å². The molecule has 130 valence electrons. The Hall–Kier alpha value is -2.31. The largest absolute Gasteiger partial charge is 0.322 e. The monoisotopic (exact) mass is 358 g/mol. The average Bonchev–Trinajstić information content (AvgIpc) is 3.01. The van der Waals surface area contributed by atoms with Gasteiger partial charge < -0.3 is 10.2 Å². The number of hydrogen-bond acceptors (Lipinski definition) is 3. The summed E-state index contributed by atoms with van der Waals surface area (Å²) in [6.45, 7) is 4.04. The number of nitrogens with zero attached hydrogens (tertiary/aromatic N) is 1. The van der Waals surface area contributed by atoms with Gasteiger partial charge in [0.15, 0.2) is 11.6 Å². The minimum Gasteiger partial charge on any atom is -0.322 e. The van der Waals surface area contributed by atoms with E-state index in [2.05, 4.69) is 23.3 Å². The summed E-state index contributed by atoms with van der Waals surface area (Å²) in [5, 5.41) is 3.76. The highest BCUT2D eigenvalue weighted by molar-refractivity contribution is 7.18. The van der Waals surface area contributed by atoms with E-state index in [0.717, 1.165) is 20.1 Å². The maximum Gasteiger partial charge on any atom is 0.279 e. The van der Waals surface area contributed by atoms with Crippen LogP contribution < -0.4 is 10.2 Å². The lowest BCUT2D eigenvalue weighted by Crippen LogP contribution is -3.10. The van der Waals surface area contributed by atoms with Crippen molar-refractivity contribution in [2.24, 2.45) is 0 Å². The fourth-order valence-electron chi connectivity index (χ4n) is 2.57. The van der Waals surface area contributed by atoms with Crippen molar-refractivity contribution in [3.8, 4) is 0 Å². The van der Waals surface area contributed by atoms with Crippen LogP contribution in [0.2, 0.25) is 0 Å². The maximum atomic E-state index is 13.6. The summed E-state index contributed by atoms with van der Waals surface area (Å²) in [6, 6.07) is 12.8. The van der Waals surface area contributed by atoms with Crippen LogP contribution in [0.1, 0.15) is 23.5 Å². The van der Waals surface area contributed by atoms with Crippen LogP contribution in [-0.2, 0) is 4.79 Å². The molecule has 0 aliphatic carbocycles. The van der Waals surface area contributed by atoms with Crippen molar-refractivity contribution < 1.29 is 14.1 Å². The molecule has 0 radical (unpaired) electrons. The van der Waals surface area contributed by atoms with Gasteiger partial charge in [-0.2, -0.15) is 0 Å². The van der Waals surface area contributed by atoms with Crippen molar-refractivity contribution >= 4 is 33.1 Å². The first-order valence-corrected chi connectivity index (χ1v) is 8.99. The molecule has 0 saturated heterocycles. The Morgan fingerprint density at radius 3 is 2.80 bits per heavy atom. The maximum absolute atomic E-state index is 13.6. The van der Waals surface area contributed by atoms with Gasteiger partial charge in [0.05, 0.1) is 17.3 Å². The zero-order valence-electron chi connectivity index (χ0n) is 14.5. The lowest BCUT2D eigenvalue weighted by Gasteiger charge is -2.19. The highest BCUT2D eigenvalue weighted by Crippen LogP contribution is 2.24. The van der Waals surface area contributed by atoms with E-state index in [1.54, 1.807) is 30.4 Å². The number of quaternary nitrogens is 1. The van der Waals surface area contributed by atoms with Crippen LogP contribution in [-0.4, -0.2) is 24.5 Å². The van der Waals surface area contributed by atoms with Gasteiger partial charge in [-0.3, -0.25) is 4.79 Å². The van der Waals surface area contributed by atoms with Gasteiger partial charge in [0.1, 0.15) is 11.9 Å². The van der Waals surface area contributed by atoms with Gasteiger partial charge in [0, 0.05) is 5.69 Å². The molecule has 1 unspecified atom stereocenters. The lowest BCUT2D eigenvalue weighted by atomic mass is 10.2. The third kappa shape index (κ3) is 4.03. The molecular formula is C19H21FN3OS+. The SMILES string of the molecule is Cc1ccc(NC(=O)C[NH+](C)[C@@H](C)c2nc3ccccc3s2)cc1F. The van der Waals surface area contributed by atoms with E-state index >= 15 is 0 Å². The number of aryl methyl sites for hydroxylation is 1. The Kier molecular flexibility index (Phi) is 5.11. The normalized spacial score (nSPS) is 13.6. The summed E-state index contributed by atoms with van der Waals surface area (Å²) in [7, 11) is 1.96. The highest BCUT2D eigenvalue weighted by Gasteiger charge is 2.22. The molecule has 2 atom stereocenters. The number of carbonyl (C=O) groups is 1. The molecule has 6 heteroatoms. The molecule has 2 aromatic carbocycles. The van der Waals surface area contributed by atoms with Crippen LogP contribution >= 0.6 is 11.3 Å². The number of amides is 1. The minimum absolute atomic E-state index is 0.0953. The summed E-state index contributed by atoms with van der Waals surface area (Å²) < 4.78 is 14.7. The fourth-order valence-corrected chi connectivity index (χ4v) is 3.68. The van der Waals surface area contributed by atoms with Crippen molar-refractivity contribution in [3.05, 3.63) is 58.9 Å². The second kappa shape index (κ2) is 7.29. The van der Waals surface area contributed by atoms with E-state index in [1.807, 2.05) is 25.2 Å². The molecule has 4 nitrogen and oxygen atoms in total. The number of halogens is 1. The molecule has 0 spiro atoms. The molecule has 3 rings (SSSR count). The molecule has 0 aliphatic rings. The first kappa shape index (κ1) is 17.5. The molecular weight excluding hydrogens is 337 g/mol. The van der Waals surface area contributed by atoms with E-state index in [0.29, 0.717) is 11.3 Å². The van der Waals surface area contributed by atoms with Crippen LogP contribution in [0.15, 0.2) is 42.5 Å². The number of aromatic nitrogens is 1. The Labute approximate surface area is 150 Å². The van der Waals surface area contributed by atoms with E-state index < -0.39 is 0 Å². The molecule has 3 aromatic rings. The Bertz CT molecular complexity index is 876. The smallest absolute Gasteiger partial charge is 0.279 e. The second-order valence-corrected chi connectivity index (χ2v) is 7.34. The van der Waals surface area contributed by atoms with Gasteiger partial charge in [0.2, 0.25) is 0 Å². The molecule has 1 aromatic heterocycles. The number of para-hydroxylation sites is 1. The van der Waals surface area contributed by atoms with Gasteiger partial charge in [0.25, 0.3) is 5.91 Å². The van der Waals surface area contributed by atoms with Crippen LogP contribution in [0.3, 0.4) is 0 Å². The first-order chi connectivity index (χ1) is 11.9. The zero-order valence-corrected chi connectivity index (χ0v) is 15.3. The third-order valence-corrected chi connectivity index (χ3v) is 5.53. The van der Waals surface area contributed by atoms with Crippen molar-refractivity contribution in [1.82, 2.24) is 4.98 Å². The molecule has 0 aliphatic heterocycles. The Balaban J connectivity index is 1.64. The number of anilines is 1. The van der Waals surface area contributed by atoms with Crippen molar-refractivity contribution in [3.63, 3.8) is 0 Å². The van der Waals surface area contributed by atoms with E-state index in [9.17, 15) is 9.18 Å². The molecule has 1 heterocycles. The molecule has 25 heavy (non-hydrogen) atoms. The molecule has 0 bridgehead atoms. The number of rotatable bonds is 5. The number of likely N-dealkylation sites (N-methyl/N-ethyl adjacent to an activating group) is 1. The average molecular weight is 358 g/mol. The number of hydrogen-bond donors (Lipinski definition) is 2. The number of nitrogens with one attached hydrogen (secondary N) is 2. The number of fused-ring (bicyclic) bond motifs is 1. The molecule has 0 saturated carbocycles. The second-order valence-electron chi connectivity index (χ2n) is 6.28. The van der Waals surface area contributed by atoms with Gasteiger partial charge in [-0.15, -0.1) is 11.3 Å². The summed E-state index contributed by atoms with van der Waals surface area (Å²) in [6.07, 6.45) is 0. The van der Waals surface area contributed by atoms with Gasteiger partial charge in [-0.25, -0.2) is 9.37 Å². The third-order valence-electron chi connectivity index (χ3n) is 4.32. The van der Waals surface area contributed by atoms with Crippen molar-refractivity contribution in [2.75, 3.05) is 18.9 Å². The van der Waals surface area contributed by atoms with Crippen LogP contribution in [0.4, 0.5) is 10.1 Å². The predicted molar refractivity (Wildman–Crippen MR) is 99.6 cm³/mol. The van der Waals surface area contributed by atoms with E-state index in [-0.39, 0.29) is 24.3 Å². The van der Waals surface area contributed by atoms with Gasteiger partial charge >= 0.3 is 0 Å². The summed E-state index contributed by atoms with van der Waals surface area (Å²) in [5.41, 5.74) is 2.03. The molecule has 2 N–H and O–H groups in total. The Morgan fingerprint density at radius 2 is 2.08 bits per heavy atom. The quantitative estimate of drug-likeness (QED) is 0.737. The summed E-state index contributed by atoms with van der Waals surface area (Å²) in [5.74, 6) is -0.463. The van der Waals surface area contributed by atoms with E-state index in [4.69, 9.17) is 0 Å². The number of thiazole rings is 1. The van der Waals surface area contributed by atoms with Crippen molar-refractivity contribution in [1.29, 1.82) is 0 Å². The first-order valence-electron chi connectivity index (χ1n) is 8.18. The summed E-state index contributed by atoms with van der Waals surface area (Å²) >= 11 is 1.66. The highest BCUT2D eigenvalue weighted by atomic mass is 32.1. The van der Waals surface area contributed by atoms with Crippen LogP contribution in [0.5, 0.6) is 0 Å². The van der Waals surface area contributed by atoms with Crippen molar-refractivity contribution in [2.45, 2.75) is 19.9 Å². The number of carbonyl (C=O) groups excluding carboxylic acids is 1. The van der Waals surface area contributed by atoms with Gasteiger partial charge in [-0.1, -0.05) is 18.2 Å². The Morgan fingerprint density at radius 1 is 1.32 bits per heavy atom. The standard InChI is InChI=1S/C19H20FN3OS/c1-12-8-9-14(10-15(12)20)21-18(24)11-23(3)13(2)19-22-16-6-4-5-7-17(16)25-19/h4-10,13H,11H2,1-3H3,(H,21,24)/p+1/t13-/m0/s1. The predicted octanol–water partition coefficient (Wildman–Crippen LogP) is 2.96.